The molecule has 154 valence electrons. The van der Waals surface area contributed by atoms with Gasteiger partial charge in [-0.3, -0.25) is 4.79 Å². The van der Waals surface area contributed by atoms with Crippen molar-refractivity contribution in [2.45, 2.75) is 33.1 Å². The number of methoxy groups -OCH3 is 1. The minimum atomic E-state index is -0.0781. The smallest absolute Gasteiger partial charge is 0.185 e. The zero-order valence-corrected chi connectivity index (χ0v) is 17.6. The number of carbonyl (C=O) groups excluding carboxylic acids is 1. The highest BCUT2D eigenvalue weighted by Gasteiger charge is 2.11. The second-order valence-electron chi connectivity index (χ2n) is 6.61. The zero-order valence-electron chi connectivity index (χ0n) is 17.6. The Bertz CT molecular complexity index is 835. The summed E-state index contributed by atoms with van der Waals surface area (Å²) in [6, 6.07) is 11.0. The Morgan fingerprint density at radius 2 is 1.66 bits per heavy atom. The number of hydrogen-bond donors (Lipinski definition) is 0. The fraction of sp³-hybridized carbons (Fsp3) is 0.320. The summed E-state index contributed by atoms with van der Waals surface area (Å²) < 4.78 is 17.0. The molecule has 0 saturated carbocycles. The van der Waals surface area contributed by atoms with Gasteiger partial charge in [-0.05, 0) is 67.3 Å². The highest BCUT2D eigenvalue weighted by Crippen LogP contribution is 2.31. The Hall–Kier alpha value is -3.01. The highest BCUT2D eigenvalue weighted by molar-refractivity contribution is 6.07. The number of rotatable bonds is 12. The summed E-state index contributed by atoms with van der Waals surface area (Å²) in [6.07, 6.45) is 7.72. The van der Waals surface area contributed by atoms with Gasteiger partial charge in [-0.2, -0.15) is 0 Å². The van der Waals surface area contributed by atoms with Crippen molar-refractivity contribution in [2.24, 2.45) is 0 Å². The van der Waals surface area contributed by atoms with Crippen LogP contribution in [0.4, 0.5) is 0 Å². The molecule has 0 bridgehead atoms. The maximum atomic E-state index is 12.6. The van der Waals surface area contributed by atoms with Crippen LogP contribution in [0.1, 0.15) is 48.2 Å². The van der Waals surface area contributed by atoms with Crippen molar-refractivity contribution in [3.8, 4) is 17.2 Å². The number of ketones is 1. The van der Waals surface area contributed by atoms with Crippen LogP contribution in [-0.2, 0) is 6.42 Å². The molecule has 0 radical (unpaired) electrons. The highest BCUT2D eigenvalue weighted by atomic mass is 16.5. The van der Waals surface area contributed by atoms with Gasteiger partial charge < -0.3 is 14.2 Å². The monoisotopic (exact) mass is 394 g/mol. The summed E-state index contributed by atoms with van der Waals surface area (Å²) in [4.78, 5) is 12.6. The van der Waals surface area contributed by atoms with Gasteiger partial charge in [0.15, 0.2) is 5.78 Å². The number of benzene rings is 2. The Kier molecular flexibility index (Phi) is 9.03. The van der Waals surface area contributed by atoms with Gasteiger partial charge in [-0.1, -0.05) is 19.9 Å². The maximum absolute atomic E-state index is 12.6. The lowest BCUT2D eigenvalue weighted by Crippen LogP contribution is -2.03. The van der Waals surface area contributed by atoms with E-state index in [1.54, 1.807) is 43.5 Å². The predicted octanol–water partition coefficient (Wildman–Crippen LogP) is 5.90. The molecule has 2 aromatic rings. The average Bonchev–Trinajstić information content (AvgIpc) is 2.75. The van der Waals surface area contributed by atoms with Gasteiger partial charge >= 0.3 is 0 Å². The Labute approximate surface area is 173 Å². The number of carbonyl (C=O) groups is 1. The fourth-order valence-corrected chi connectivity index (χ4v) is 2.77. The molecule has 0 saturated heterocycles. The van der Waals surface area contributed by atoms with Gasteiger partial charge in [0.1, 0.15) is 17.2 Å². The summed E-state index contributed by atoms with van der Waals surface area (Å²) in [5.41, 5.74) is 2.47. The average molecular weight is 395 g/mol. The van der Waals surface area contributed by atoms with Crippen molar-refractivity contribution >= 4 is 11.9 Å². The minimum Gasteiger partial charge on any atom is -0.497 e. The van der Waals surface area contributed by atoms with Gasteiger partial charge in [-0.25, -0.2) is 0 Å². The van der Waals surface area contributed by atoms with E-state index in [0.29, 0.717) is 30.9 Å². The van der Waals surface area contributed by atoms with E-state index in [0.717, 1.165) is 35.5 Å². The molecular formula is C25H30O4. The maximum Gasteiger partial charge on any atom is 0.185 e. The molecule has 0 fully saturated rings. The second kappa shape index (κ2) is 11.7. The standard InChI is InChI=1S/C25H30O4/c1-5-8-20-17-21(25(29-16-7-3)18-24(20)28-15-6-2)11-14-23(26)19-9-12-22(27-4)13-10-19/h5,9-14,17-18H,1,6-8,15-16H2,2-4H3. The van der Waals surface area contributed by atoms with E-state index in [1.165, 1.54) is 0 Å². The topological polar surface area (TPSA) is 44.8 Å². The van der Waals surface area contributed by atoms with Crippen LogP contribution < -0.4 is 14.2 Å². The molecular weight excluding hydrogens is 364 g/mol. The lowest BCUT2D eigenvalue weighted by atomic mass is 10.0. The van der Waals surface area contributed by atoms with Crippen LogP contribution in [0.3, 0.4) is 0 Å². The number of ether oxygens (including phenoxy) is 3. The Morgan fingerprint density at radius 3 is 2.24 bits per heavy atom. The van der Waals surface area contributed by atoms with E-state index in [4.69, 9.17) is 14.2 Å². The van der Waals surface area contributed by atoms with E-state index in [9.17, 15) is 4.79 Å². The van der Waals surface area contributed by atoms with E-state index in [2.05, 4.69) is 20.4 Å². The van der Waals surface area contributed by atoms with Crippen LogP contribution >= 0.6 is 0 Å². The first-order valence-electron chi connectivity index (χ1n) is 10.0. The van der Waals surface area contributed by atoms with Crippen molar-refractivity contribution in [2.75, 3.05) is 20.3 Å². The molecule has 4 nitrogen and oxygen atoms in total. The minimum absolute atomic E-state index is 0.0781. The van der Waals surface area contributed by atoms with Gasteiger partial charge in [-0.15, -0.1) is 6.58 Å². The molecule has 2 rings (SSSR count). The molecule has 0 unspecified atom stereocenters. The molecule has 29 heavy (non-hydrogen) atoms. The van der Waals surface area contributed by atoms with Gasteiger partial charge in [0.2, 0.25) is 0 Å². The molecule has 4 heteroatoms. The third kappa shape index (κ3) is 6.53. The largest absolute Gasteiger partial charge is 0.497 e. The summed E-state index contributed by atoms with van der Waals surface area (Å²) in [7, 11) is 1.60. The molecule has 0 aliphatic rings. The first kappa shape index (κ1) is 22.3. The Morgan fingerprint density at radius 1 is 1.00 bits per heavy atom. The van der Waals surface area contributed by atoms with Gasteiger partial charge in [0, 0.05) is 17.2 Å². The molecule has 0 heterocycles. The summed E-state index contributed by atoms with van der Waals surface area (Å²) >= 11 is 0. The number of hydrogen-bond acceptors (Lipinski definition) is 4. The molecule has 0 amide bonds. The van der Waals surface area contributed by atoms with E-state index < -0.39 is 0 Å². The van der Waals surface area contributed by atoms with Crippen LogP contribution in [0.5, 0.6) is 17.2 Å². The quantitative estimate of drug-likeness (QED) is 0.255. The first-order valence-corrected chi connectivity index (χ1v) is 10.0. The van der Waals surface area contributed by atoms with E-state index in [-0.39, 0.29) is 5.78 Å². The van der Waals surface area contributed by atoms with Crippen molar-refractivity contribution in [1.29, 1.82) is 0 Å². The lowest BCUT2D eigenvalue weighted by molar-refractivity contribution is 0.104. The zero-order chi connectivity index (χ0) is 21.1. The molecule has 0 atom stereocenters. The molecule has 2 aromatic carbocycles. The van der Waals surface area contributed by atoms with Crippen molar-refractivity contribution in [3.05, 3.63) is 71.8 Å². The molecule has 0 N–H and O–H groups in total. The van der Waals surface area contributed by atoms with Crippen LogP contribution in [-0.4, -0.2) is 26.1 Å². The van der Waals surface area contributed by atoms with Crippen molar-refractivity contribution < 1.29 is 19.0 Å². The Balaban J connectivity index is 2.33. The van der Waals surface area contributed by atoms with Crippen LogP contribution in [0, 0.1) is 0 Å². The molecule has 0 aliphatic carbocycles. The van der Waals surface area contributed by atoms with Gasteiger partial charge in [0.25, 0.3) is 0 Å². The SMILES string of the molecule is C=CCc1cc(C=CC(=O)c2ccc(OC)cc2)c(OCCC)cc1OCCC. The fourth-order valence-electron chi connectivity index (χ4n) is 2.77. The molecule has 0 spiro atoms. The number of allylic oxidation sites excluding steroid dienone is 2. The normalized spacial score (nSPS) is 10.7. The first-order chi connectivity index (χ1) is 14.1. The third-order valence-electron chi connectivity index (χ3n) is 4.27. The van der Waals surface area contributed by atoms with Crippen molar-refractivity contribution in [1.82, 2.24) is 0 Å². The predicted molar refractivity (Wildman–Crippen MR) is 118 cm³/mol. The van der Waals surface area contributed by atoms with Crippen molar-refractivity contribution in [3.63, 3.8) is 0 Å². The lowest BCUT2D eigenvalue weighted by Gasteiger charge is -2.15. The second-order valence-corrected chi connectivity index (χ2v) is 6.61. The van der Waals surface area contributed by atoms with E-state index >= 15 is 0 Å². The summed E-state index contributed by atoms with van der Waals surface area (Å²) in [5.74, 6) is 2.16. The van der Waals surface area contributed by atoms with E-state index in [1.807, 2.05) is 18.2 Å². The molecule has 0 aliphatic heterocycles. The molecule has 0 aromatic heterocycles. The van der Waals surface area contributed by atoms with Crippen LogP contribution in [0.15, 0.2) is 55.1 Å². The summed E-state index contributed by atoms with van der Waals surface area (Å²) in [6.45, 7) is 9.21. The third-order valence-corrected chi connectivity index (χ3v) is 4.27. The summed E-state index contributed by atoms with van der Waals surface area (Å²) in [5, 5.41) is 0. The van der Waals surface area contributed by atoms with Crippen LogP contribution in [0.25, 0.3) is 6.08 Å². The van der Waals surface area contributed by atoms with Crippen LogP contribution in [0.2, 0.25) is 0 Å². The van der Waals surface area contributed by atoms with Gasteiger partial charge in [0.05, 0.1) is 20.3 Å².